The van der Waals surface area contributed by atoms with Crippen LogP contribution in [0.5, 0.6) is 0 Å². The van der Waals surface area contributed by atoms with Crippen molar-refractivity contribution in [3.05, 3.63) is 28.8 Å². The molecule has 0 atom stereocenters. The average Bonchev–Trinajstić information content (AvgIpc) is 2.08. The molecule has 0 radical (unpaired) electrons. The summed E-state index contributed by atoms with van der Waals surface area (Å²) < 4.78 is 0. The third-order valence-electron chi connectivity index (χ3n) is 1.58. The van der Waals surface area contributed by atoms with Gasteiger partial charge in [0.1, 0.15) is 0 Å². The highest BCUT2D eigenvalue weighted by molar-refractivity contribution is 6.33. The number of guanidine groups is 2. The molecule has 0 unspecified atom stereocenters. The Bertz CT molecular complexity index is 424. The minimum absolute atomic E-state index is 0. The molecule has 0 fully saturated rings. The van der Waals surface area contributed by atoms with Crippen LogP contribution in [0.25, 0.3) is 0 Å². The Labute approximate surface area is 105 Å². The number of aliphatic imine (C=N–C) groups is 2. The van der Waals surface area contributed by atoms with Gasteiger partial charge in [-0.3, -0.25) is 0 Å². The zero-order valence-corrected chi connectivity index (χ0v) is 10.2. The van der Waals surface area contributed by atoms with E-state index in [1.165, 1.54) is 0 Å². The van der Waals surface area contributed by atoms with Gasteiger partial charge < -0.3 is 17.2 Å². The largest absolute Gasteiger partial charge is 0.370 e. The van der Waals surface area contributed by atoms with Crippen molar-refractivity contribution in [2.45, 2.75) is 6.92 Å². The fraction of sp³-hybridized carbons (Fsp3) is 0.111. The zero-order valence-electron chi connectivity index (χ0n) is 8.64. The molecule has 0 amide bonds. The van der Waals surface area contributed by atoms with Gasteiger partial charge in [-0.15, -0.1) is 12.4 Å². The van der Waals surface area contributed by atoms with E-state index in [0.29, 0.717) is 10.7 Å². The first kappa shape index (κ1) is 14.5. The van der Waals surface area contributed by atoms with Crippen molar-refractivity contribution in [2.24, 2.45) is 27.2 Å². The van der Waals surface area contributed by atoms with E-state index in [4.69, 9.17) is 28.8 Å². The standard InChI is InChI=1S/C9H12ClN5.ClH/c1-5-2-3-7(6(10)4-5)14-9(13)15-8(11)12;/h2-4H,1H3,(H6,11,12,13,14,15);1H. The van der Waals surface area contributed by atoms with E-state index in [1.54, 1.807) is 12.1 Å². The van der Waals surface area contributed by atoms with Gasteiger partial charge in [0.05, 0.1) is 10.7 Å². The number of benzene rings is 1. The lowest BCUT2D eigenvalue weighted by molar-refractivity contribution is 1.37. The first-order valence-electron chi connectivity index (χ1n) is 4.19. The highest BCUT2D eigenvalue weighted by atomic mass is 35.5. The second kappa shape index (κ2) is 6.19. The van der Waals surface area contributed by atoms with Gasteiger partial charge >= 0.3 is 0 Å². The second-order valence-corrected chi connectivity index (χ2v) is 3.37. The van der Waals surface area contributed by atoms with Crippen LogP contribution in [-0.4, -0.2) is 11.9 Å². The Hall–Kier alpha value is -1.46. The van der Waals surface area contributed by atoms with Gasteiger partial charge in [-0.2, -0.15) is 4.99 Å². The Kier molecular flexibility index (Phi) is 5.63. The summed E-state index contributed by atoms with van der Waals surface area (Å²) >= 11 is 5.94. The Morgan fingerprint density at radius 1 is 1.25 bits per heavy atom. The first-order chi connectivity index (χ1) is 6.99. The number of nitrogens with zero attached hydrogens (tertiary/aromatic N) is 2. The number of hydrogen-bond donors (Lipinski definition) is 3. The molecule has 1 aromatic carbocycles. The van der Waals surface area contributed by atoms with Gasteiger partial charge in [-0.1, -0.05) is 17.7 Å². The quantitative estimate of drug-likeness (QED) is 0.524. The molecule has 0 aliphatic carbocycles. The molecule has 16 heavy (non-hydrogen) atoms. The van der Waals surface area contributed by atoms with Gasteiger partial charge in [0.2, 0.25) is 5.96 Å². The maximum atomic E-state index is 5.94. The van der Waals surface area contributed by atoms with Crippen LogP contribution in [0, 0.1) is 6.92 Å². The molecule has 6 N–H and O–H groups in total. The summed E-state index contributed by atoms with van der Waals surface area (Å²) in [7, 11) is 0. The summed E-state index contributed by atoms with van der Waals surface area (Å²) in [6, 6.07) is 5.39. The SMILES string of the molecule is Cc1ccc(N=C(N)N=C(N)N)c(Cl)c1.Cl. The minimum Gasteiger partial charge on any atom is -0.370 e. The van der Waals surface area contributed by atoms with E-state index in [1.807, 2.05) is 13.0 Å². The lowest BCUT2D eigenvalue weighted by Crippen LogP contribution is -2.26. The highest BCUT2D eigenvalue weighted by Gasteiger charge is 1.99. The Morgan fingerprint density at radius 2 is 1.88 bits per heavy atom. The molecule has 0 bridgehead atoms. The topological polar surface area (TPSA) is 103 Å². The Balaban J connectivity index is 0.00000225. The van der Waals surface area contributed by atoms with Gasteiger partial charge in [-0.05, 0) is 24.6 Å². The summed E-state index contributed by atoms with van der Waals surface area (Å²) in [6.07, 6.45) is 0. The number of aryl methyl sites for hydroxylation is 1. The molecule has 0 aliphatic rings. The molecule has 0 heterocycles. The van der Waals surface area contributed by atoms with Crippen molar-refractivity contribution in [3.63, 3.8) is 0 Å². The first-order valence-corrected chi connectivity index (χ1v) is 4.57. The molecule has 0 aromatic heterocycles. The molecule has 88 valence electrons. The van der Waals surface area contributed by atoms with Crippen LogP contribution in [0.4, 0.5) is 5.69 Å². The van der Waals surface area contributed by atoms with Crippen LogP contribution in [0.1, 0.15) is 5.56 Å². The smallest absolute Gasteiger partial charge is 0.223 e. The van der Waals surface area contributed by atoms with Crippen LogP contribution in [0.15, 0.2) is 28.2 Å². The molecule has 7 heteroatoms. The molecule has 0 aliphatic heterocycles. The Morgan fingerprint density at radius 3 is 2.38 bits per heavy atom. The van der Waals surface area contributed by atoms with Crippen molar-refractivity contribution in [3.8, 4) is 0 Å². The predicted molar refractivity (Wildman–Crippen MR) is 70.5 cm³/mol. The molecular weight excluding hydrogens is 249 g/mol. The van der Waals surface area contributed by atoms with Crippen LogP contribution < -0.4 is 17.2 Å². The number of hydrogen-bond acceptors (Lipinski definition) is 1. The minimum atomic E-state index is -0.139. The van der Waals surface area contributed by atoms with Gasteiger partial charge in [0.15, 0.2) is 5.96 Å². The van der Waals surface area contributed by atoms with E-state index in [-0.39, 0.29) is 24.3 Å². The fourth-order valence-corrected chi connectivity index (χ4v) is 1.26. The fourth-order valence-electron chi connectivity index (χ4n) is 0.983. The zero-order chi connectivity index (χ0) is 11.4. The maximum absolute atomic E-state index is 5.94. The van der Waals surface area contributed by atoms with E-state index < -0.39 is 0 Å². The summed E-state index contributed by atoms with van der Waals surface area (Å²) in [5, 5.41) is 0.503. The summed E-state index contributed by atoms with van der Waals surface area (Å²) in [6.45, 7) is 1.93. The molecule has 0 saturated carbocycles. The molecule has 5 nitrogen and oxygen atoms in total. The lowest BCUT2D eigenvalue weighted by Gasteiger charge is -2.00. The van der Waals surface area contributed by atoms with Crippen molar-refractivity contribution in [2.75, 3.05) is 0 Å². The van der Waals surface area contributed by atoms with Crippen LogP contribution in [-0.2, 0) is 0 Å². The summed E-state index contributed by atoms with van der Waals surface area (Å²) in [5.41, 5.74) is 17.3. The number of rotatable bonds is 1. The summed E-state index contributed by atoms with van der Waals surface area (Å²) in [4.78, 5) is 7.53. The molecule has 1 rings (SSSR count). The van der Waals surface area contributed by atoms with Crippen LogP contribution in [0.3, 0.4) is 0 Å². The van der Waals surface area contributed by atoms with Gasteiger partial charge in [0.25, 0.3) is 0 Å². The highest BCUT2D eigenvalue weighted by Crippen LogP contribution is 2.25. The molecule has 0 spiro atoms. The van der Waals surface area contributed by atoms with Crippen molar-refractivity contribution in [1.29, 1.82) is 0 Å². The molecular formula is C9H13Cl2N5. The van der Waals surface area contributed by atoms with Gasteiger partial charge in [0, 0.05) is 0 Å². The normalized spacial score (nSPS) is 10.5. The van der Waals surface area contributed by atoms with E-state index in [2.05, 4.69) is 9.98 Å². The predicted octanol–water partition coefficient (Wildman–Crippen LogP) is 1.29. The third-order valence-corrected chi connectivity index (χ3v) is 1.88. The third kappa shape index (κ3) is 4.37. The second-order valence-electron chi connectivity index (χ2n) is 2.96. The van der Waals surface area contributed by atoms with Crippen LogP contribution >= 0.6 is 24.0 Å². The van der Waals surface area contributed by atoms with Gasteiger partial charge in [-0.25, -0.2) is 4.99 Å². The van der Waals surface area contributed by atoms with Crippen molar-refractivity contribution < 1.29 is 0 Å². The number of nitrogens with two attached hydrogens (primary N) is 3. The summed E-state index contributed by atoms with van der Waals surface area (Å²) in [5.74, 6) is -0.166. The van der Waals surface area contributed by atoms with Crippen molar-refractivity contribution in [1.82, 2.24) is 0 Å². The molecule has 1 aromatic rings. The monoisotopic (exact) mass is 261 g/mol. The lowest BCUT2D eigenvalue weighted by atomic mass is 10.2. The van der Waals surface area contributed by atoms with E-state index in [9.17, 15) is 0 Å². The maximum Gasteiger partial charge on any atom is 0.223 e. The number of halogens is 2. The van der Waals surface area contributed by atoms with Crippen molar-refractivity contribution >= 4 is 41.6 Å². The van der Waals surface area contributed by atoms with E-state index in [0.717, 1.165) is 5.56 Å². The van der Waals surface area contributed by atoms with E-state index >= 15 is 0 Å². The van der Waals surface area contributed by atoms with Crippen LogP contribution in [0.2, 0.25) is 5.02 Å². The molecule has 0 saturated heterocycles. The average molecular weight is 262 g/mol.